The van der Waals surface area contributed by atoms with E-state index < -0.39 is 0 Å². The van der Waals surface area contributed by atoms with Crippen LogP contribution in [-0.2, 0) is 0 Å². The van der Waals surface area contributed by atoms with Crippen LogP contribution in [0.25, 0.3) is 0 Å². The van der Waals surface area contributed by atoms with Crippen LogP contribution in [0.2, 0.25) is 0 Å². The molecule has 0 aromatic carbocycles. The number of ether oxygens (including phenoxy) is 1. The third kappa shape index (κ3) is 3.49. The van der Waals surface area contributed by atoms with Gasteiger partial charge in [0.1, 0.15) is 0 Å². The molecule has 2 fully saturated rings. The predicted octanol–water partition coefficient (Wildman–Crippen LogP) is 1.94. The van der Waals surface area contributed by atoms with Crippen LogP contribution in [0.3, 0.4) is 0 Å². The largest absolute Gasteiger partial charge is 0.464 e. The van der Waals surface area contributed by atoms with Gasteiger partial charge in [0, 0.05) is 20.1 Å². The van der Waals surface area contributed by atoms with Gasteiger partial charge in [0.25, 0.3) is 0 Å². The number of nitrogens with zero attached hydrogens (tertiary/aromatic N) is 4. The molecule has 0 aliphatic heterocycles. The molecule has 0 saturated heterocycles. The number of hydrogen-bond acceptors (Lipinski definition) is 6. The normalized spacial score (nSPS) is 17.9. The van der Waals surface area contributed by atoms with E-state index in [4.69, 9.17) is 4.74 Å². The first kappa shape index (κ1) is 13.4. The molecule has 0 radical (unpaired) electrons. The summed E-state index contributed by atoms with van der Waals surface area (Å²) >= 11 is 0. The number of hydrogen-bond donors (Lipinski definition) is 1. The van der Waals surface area contributed by atoms with E-state index in [1.807, 2.05) is 14.0 Å². The molecular weight excluding hydrogens is 254 g/mol. The average molecular weight is 277 g/mol. The smallest absolute Gasteiger partial charge is 0.323 e. The van der Waals surface area contributed by atoms with Crippen LogP contribution in [0, 0.1) is 11.8 Å². The third-order valence-electron chi connectivity index (χ3n) is 3.73. The molecule has 1 N–H and O–H groups in total. The first-order chi connectivity index (χ1) is 9.78. The maximum atomic E-state index is 5.45. The molecule has 0 bridgehead atoms. The van der Waals surface area contributed by atoms with Crippen LogP contribution in [0.1, 0.15) is 32.6 Å². The molecule has 6 nitrogen and oxygen atoms in total. The highest BCUT2D eigenvalue weighted by molar-refractivity contribution is 5.38. The summed E-state index contributed by atoms with van der Waals surface area (Å²) in [6.45, 7) is 4.64. The number of anilines is 2. The van der Waals surface area contributed by atoms with E-state index in [-0.39, 0.29) is 0 Å². The summed E-state index contributed by atoms with van der Waals surface area (Å²) in [5.74, 6) is 2.97. The van der Waals surface area contributed by atoms with Gasteiger partial charge >= 0.3 is 6.01 Å². The summed E-state index contributed by atoms with van der Waals surface area (Å²) in [6, 6.07) is 0.415. The minimum absolute atomic E-state index is 0.415. The van der Waals surface area contributed by atoms with E-state index in [1.54, 1.807) is 0 Å². The lowest BCUT2D eigenvalue weighted by Crippen LogP contribution is -2.30. The SMILES string of the molecule is CCOc1nc(NC)nc(N(CC2CC2)CC2CC2)n1. The van der Waals surface area contributed by atoms with Gasteiger partial charge in [-0.1, -0.05) is 0 Å². The van der Waals surface area contributed by atoms with E-state index in [0.717, 1.165) is 30.9 Å². The first-order valence-electron chi connectivity index (χ1n) is 7.60. The third-order valence-corrected chi connectivity index (χ3v) is 3.73. The van der Waals surface area contributed by atoms with E-state index in [9.17, 15) is 0 Å². The molecule has 2 saturated carbocycles. The molecule has 0 atom stereocenters. The Hall–Kier alpha value is -1.59. The summed E-state index contributed by atoms with van der Waals surface area (Å²) in [4.78, 5) is 15.5. The molecule has 1 aromatic heterocycles. The van der Waals surface area contributed by atoms with Gasteiger partial charge in [-0.3, -0.25) is 0 Å². The molecule has 1 heterocycles. The second-order valence-electron chi connectivity index (χ2n) is 5.72. The lowest BCUT2D eigenvalue weighted by Gasteiger charge is -2.23. The highest BCUT2D eigenvalue weighted by atomic mass is 16.5. The van der Waals surface area contributed by atoms with Crippen molar-refractivity contribution >= 4 is 11.9 Å². The van der Waals surface area contributed by atoms with E-state index in [2.05, 4.69) is 25.2 Å². The molecule has 110 valence electrons. The van der Waals surface area contributed by atoms with Crippen LogP contribution in [0.4, 0.5) is 11.9 Å². The van der Waals surface area contributed by atoms with Crippen molar-refractivity contribution in [3.05, 3.63) is 0 Å². The quantitative estimate of drug-likeness (QED) is 0.783. The molecule has 1 aromatic rings. The lowest BCUT2D eigenvalue weighted by atomic mass is 10.3. The molecule has 2 aliphatic rings. The Balaban J connectivity index is 1.80. The fourth-order valence-electron chi connectivity index (χ4n) is 2.25. The van der Waals surface area contributed by atoms with E-state index >= 15 is 0 Å². The van der Waals surface area contributed by atoms with Gasteiger partial charge in [-0.15, -0.1) is 0 Å². The predicted molar refractivity (Wildman–Crippen MR) is 78.2 cm³/mol. The fourth-order valence-corrected chi connectivity index (χ4v) is 2.25. The Morgan fingerprint density at radius 1 is 1.10 bits per heavy atom. The zero-order valence-electron chi connectivity index (χ0n) is 12.3. The van der Waals surface area contributed by atoms with Crippen molar-refractivity contribution in [3.63, 3.8) is 0 Å². The average Bonchev–Trinajstić information content (AvgIpc) is 3.33. The van der Waals surface area contributed by atoms with E-state index in [1.165, 1.54) is 25.7 Å². The minimum Gasteiger partial charge on any atom is -0.464 e. The molecule has 6 heteroatoms. The molecule has 2 aliphatic carbocycles. The summed E-state index contributed by atoms with van der Waals surface area (Å²) in [7, 11) is 1.82. The van der Waals surface area contributed by atoms with Crippen molar-refractivity contribution in [2.45, 2.75) is 32.6 Å². The molecule has 20 heavy (non-hydrogen) atoms. The molecule has 0 spiro atoms. The summed E-state index contributed by atoms with van der Waals surface area (Å²) < 4.78 is 5.45. The number of rotatable bonds is 8. The minimum atomic E-state index is 0.415. The van der Waals surface area contributed by atoms with Gasteiger partial charge in [0.15, 0.2) is 0 Å². The zero-order valence-corrected chi connectivity index (χ0v) is 12.3. The Labute approximate surface area is 120 Å². The van der Waals surface area contributed by atoms with Crippen LogP contribution >= 0.6 is 0 Å². The van der Waals surface area contributed by atoms with Crippen LogP contribution in [-0.4, -0.2) is 41.7 Å². The Bertz CT molecular complexity index is 445. The molecule has 3 rings (SSSR count). The summed E-state index contributed by atoms with van der Waals surface area (Å²) in [6.07, 6.45) is 5.35. The Kier molecular flexibility index (Phi) is 3.89. The second kappa shape index (κ2) is 5.81. The Morgan fingerprint density at radius 3 is 2.25 bits per heavy atom. The van der Waals surface area contributed by atoms with Crippen molar-refractivity contribution in [1.29, 1.82) is 0 Å². The summed E-state index contributed by atoms with van der Waals surface area (Å²) in [5.41, 5.74) is 0. The van der Waals surface area contributed by atoms with Crippen molar-refractivity contribution in [1.82, 2.24) is 15.0 Å². The number of nitrogens with one attached hydrogen (secondary N) is 1. The highest BCUT2D eigenvalue weighted by Crippen LogP contribution is 2.35. The fraction of sp³-hybridized carbons (Fsp3) is 0.786. The van der Waals surface area contributed by atoms with Crippen LogP contribution in [0.15, 0.2) is 0 Å². The standard InChI is InChI=1S/C14H23N5O/c1-3-20-14-17-12(15-2)16-13(18-14)19(8-10-4-5-10)9-11-6-7-11/h10-11H,3-9H2,1-2H3,(H,15,16,17,18). The molecule has 0 unspecified atom stereocenters. The highest BCUT2D eigenvalue weighted by Gasteiger charge is 2.30. The lowest BCUT2D eigenvalue weighted by molar-refractivity contribution is 0.312. The van der Waals surface area contributed by atoms with Gasteiger partial charge in [-0.2, -0.15) is 15.0 Å². The number of aromatic nitrogens is 3. The molecule has 0 amide bonds. The van der Waals surface area contributed by atoms with Crippen LogP contribution < -0.4 is 15.0 Å². The zero-order chi connectivity index (χ0) is 13.9. The first-order valence-corrected chi connectivity index (χ1v) is 7.60. The van der Waals surface area contributed by atoms with Gasteiger partial charge < -0.3 is 15.0 Å². The van der Waals surface area contributed by atoms with Crippen molar-refractivity contribution in [3.8, 4) is 6.01 Å². The topological polar surface area (TPSA) is 63.2 Å². The van der Waals surface area contributed by atoms with Gasteiger partial charge in [-0.05, 0) is 44.4 Å². The maximum absolute atomic E-state index is 5.45. The monoisotopic (exact) mass is 277 g/mol. The Morgan fingerprint density at radius 2 is 1.75 bits per heavy atom. The summed E-state index contributed by atoms with van der Waals surface area (Å²) in [5, 5.41) is 2.99. The van der Waals surface area contributed by atoms with Gasteiger partial charge in [0.2, 0.25) is 11.9 Å². The maximum Gasteiger partial charge on any atom is 0.323 e. The van der Waals surface area contributed by atoms with Crippen LogP contribution in [0.5, 0.6) is 6.01 Å². The van der Waals surface area contributed by atoms with Crippen molar-refractivity contribution in [2.24, 2.45) is 11.8 Å². The second-order valence-corrected chi connectivity index (χ2v) is 5.72. The van der Waals surface area contributed by atoms with E-state index in [0.29, 0.717) is 18.6 Å². The van der Waals surface area contributed by atoms with Gasteiger partial charge in [-0.25, -0.2) is 0 Å². The molecular formula is C14H23N5O. The van der Waals surface area contributed by atoms with Crippen molar-refractivity contribution in [2.75, 3.05) is 37.0 Å². The van der Waals surface area contributed by atoms with Crippen molar-refractivity contribution < 1.29 is 4.74 Å². The van der Waals surface area contributed by atoms with Gasteiger partial charge in [0.05, 0.1) is 6.61 Å².